The normalized spacial score (nSPS) is 9.60. The largest absolute Gasteiger partial charge is 0.304 e. The summed E-state index contributed by atoms with van der Waals surface area (Å²) < 4.78 is 0. The third-order valence-electron chi connectivity index (χ3n) is 0.362. The zero-order valence-electron chi connectivity index (χ0n) is 3.45. The number of thiol groups is 1. The molecular formula is C3H8NS. The third kappa shape index (κ3) is 4.31. The van der Waals surface area contributed by atoms with Gasteiger partial charge in [-0.15, -0.1) is 0 Å². The Morgan fingerprint density at radius 2 is 2.00 bits per heavy atom. The third-order valence-corrected chi connectivity index (χ3v) is 0.585. The van der Waals surface area contributed by atoms with Crippen LogP contribution in [0.3, 0.4) is 0 Å². The molecule has 0 aromatic rings. The standard InChI is InChI=1S/C3H8NS/c1-3(5)4-2/h4-5H,1-2H3. The molecule has 0 spiro atoms. The van der Waals surface area contributed by atoms with E-state index in [0.717, 1.165) is 5.37 Å². The fourth-order valence-electron chi connectivity index (χ4n) is 0. The zero-order chi connectivity index (χ0) is 4.28. The summed E-state index contributed by atoms with van der Waals surface area (Å²) in [4.78, 5) is 0. The minimum Gasteiger partial charge on any atom is -0.304 e. The van der Waals surface area contributed by atoms with Gasteiger partial charge in [-0.3, -0.25) is 0 Å². The van der Waals surface area contributed by atoms with Gasteiger partial charge in [0.2, 0.25) is 0 Å². The van der Waals surface area contributed by atoms with Crippen molar-refractivity contribution in [3.8, 4) is 0 Å². The molecule has 1 radical (unpaired) electrons. The van der Waals surface area contributed by atoms with Crippen LogP contribution in [-0.4, -0.2) is 7.05 Å². The highest BCUT2D eigenvalue weighted by Crippen LogP contribution is 1.91. The summed E-state index contributed by atoms with van der Waals surface area (Å²) in [5, 5.41) is 3.76. The summed E-state index contributed by atoms with van der Waals surface area (Å²) in [5.74, 6) is 0. The summed E-state index contributed by atoms with van der Waals surface area (Å²) in [6, 6.07) is 0. The molecular weight excluding hydrogens is 82.1 g/mol. The number of rotatable bonds is 1. The van der Waals surface area contributed by atoms with Gasteiger partial charge in [0.1, 0.15) is 0 Å². The molecule has 0 aliphatic carbocycles. The fraction of sp³-hybridized carbons (Fsp3) is 0.667. The van der Waals surface area contributed by atoms with E-state index in [1.165, 1.54) is 0 Å². The molecule has 0 fully saturated rings. The second-order valence-electron chi connectivity index (χ2n) is 0.835. The van der Waals surface area contributed by atoms with E-state index in [-0.39, 0.29) is 0 Å². The quantitative estimate of drug-likeness (QED) is 0.450. The Balaban J connectivity index is 2.54. The minimum absolute atomic E-state index is 0.949. The van der Waals surface area contributed by atoms with Crippen LogP contribution >= 0.6 is 12.6 Å². The summed E-state index contributed by atoms with van der Waals surface area (Å²) in [6.45, 7) is 1.89. The summed E-state index contributed by atoms with van der Waals surface area (Å²) in [5.41, 5.74) is 0. The molecule has 0 aromatic heterocycles. The van der Waals surface area contributed by atoms with E-state index in [2.05, 4.69) is 17.9 Å². The molecule has 0 aliphatic rings. The molecule has 2 heteroatoms. The second kappa shape index (κ2) is 2.54. The average Bonchev–Trinajstić information content (AvgIpc) is 1.38. The Labute approximate surface area is 38.2 Å². The van der Waals surface area contributed by atoms with Crippen molar-refractivity contribution >= 4 is 12.6 Å². The Bertz CT molecular complexity index is 20.9. The van der Waals surface area contributed by atoms with Crippen LogP contribution in [0.2, 0.25) is 0 Å². The van der Waals surface area contributed by atoms with Gasteiger partial charge in [-0.05, 0) is 14.0 Å². The van der Waals surface area contributed by atoms with Crippen molar-refractivity contribution in [3.05, 3.63) is 5.37 Å². The van der Waals surface area contributed by atoms with Crippen LogP contribution in [0.4, 0.5) is 0 Å². The van der Waals surface area contributed by atoms with Crippen LogP contribution in [0.25, 0.3) is 0 Å². The first-order valence-electron chi connectivity index (χ1n) is 1.47. The van der Waals surface area contributed by atoms with Gasteiger partial charge >= 0.3 is 0 Å². The SMILES string of the molecule is CN[C](C)S. The van der Waals surface area contributed by atoms with Crippen molar-refractivity contribution < 1.29 is 0 Å². The predicted octanol–water partition coefficient (Wildman–Crippen LogP) is 0.645. The first kappa shape index (κ1) is 5.31. The predicted molar refractivity (Wildman–Crippen MR) is 27.0 cm³/mol. The summed E-state index contributed by atoms with van der Waals surface area (Å²) in [7, 11) is 1.84. The van der Waals surface area contributed by atoms with Crippen molar-refractivity contribution in [1.82, 2.24) is 5.32 Å². The average molecular weight is 90.2 g/mol. The van der Waals surface area contributed by atoms with Crippen molar-refractivity contribution in [2.75, 3.05) is 7.05 Å². The molecule has 0 saturated heterocycles. The first-order chi connectivity index (χ1) is 2.27. The van der Waals surface area contributed by atoms with Crippen LogP contribution < -0.4 is 5.32 Å². The van der Waals surface area contributed by atoms with Crippen LogP contribution in [0.1, 0.15) is 6.92 Å². The fourth-order valence-corrected chi connectivity index (χ4v) is 0. The molecule has 31 valence electrons. The van der Waals surface area contributed by atoms with E-state index in [1.807, 2.05) is 14.0 Å². The van der Waals surface area contributed by atoms with Gasteiger partial charge in [-0.1, -0.05) is 0 Å². The van der Waals surface area contributed by atoms with Crippen LogP contribution in [-0.2, 0) is 0 Å². The van der Waals surface area contributed by atoms with Crippen molar-refractivity contribution in [2.45, 2.75) is 6.92 Å². The monoisotopic (exact) mass is 90.0 g/mol. The zero-order valence-corrected chi connectivity index (χ0v) is 4.34. The van der Waals surface area contributed by atoms with Crippen LogP contribution in [0.15, 0.2) is 0 Å². The van der Waals surface area contributed by atoms with E-state index in [0.29, 0.717) is 0 Å². The van der Waals surface area contributed by atoms with Crippen molar-refractivity contribution in [2.24, 2.45) is 0 Å². The molecule has 0 amide bonds. The van der Waals surface area contributed by atoms with E-state index < -0.39 is 0 Å². The van der Waals surface area contributed by atoms with Crippen LogP contribution in [0, 0.1) is 5.37 Å². The lowest BCUT2D eigenvalue weighted by Crippen LogP contribution is -2.03. The number of hydrogen-bond acceptors (Lipinski definition) is 2. The minimum atomic E-state index is 0.949. The maximum absolute atomic E-state index is 3.90. The molecule has 0 rings (SSSR count). The molecule has 0 heterocycles. The highest BCUT2D eigenvalue weighted by molar-refractivity contribution is 7.83. The van der Waals surface area contributed by atoms with Crippen molar-refractivity contribution in [3.63, 3.8) is 0 Å². The highest BCUT2D eigenvalue weighted by atomic mass is 32.1. The summed E-state index contributed by atoms with van der Waals surface area (Å²) in [6.07, 6.45) is 0. The Hall–Kier alpha value is 0.310. The Morgan fingerprint density at radius 1 is 1.80 bits per heavy atom. The molecule has 0 aliphatic heterocycles. The maximum Gasteiger partial charge on any atom is 0.0858 e. The molecule has 0 saturated carbocycles. The topological polar surface area (TPSA) is 12.0 Å². The van der Waals surface area contributed by atoms with Gasteiger partial charge in [-0.2, -0.15) is 12.6 Å². The first-order valence-corrected chi connectivity index (χ1v) is 1.92. The van der Waals surface area contributed by atoms with Gasteiger partial charge < -0.3 is 5.32 Å². The van der Waals surface area contributed by atoms with E-state index in [1.54, 1.807) is 0 Å². The van der Waals surface area contributed by atoms with Gasteiger partial charge in [0, 0.05) is 0 Å². The molecule has 1 N–H and O–H groups in total. The van der Waals surface area contributed by atoms with E-state index >= 15 is 0 Å². The number of nitrogens with one attached hydrogen (secondary N) is 1. The van der Waals surface area contributed by atoms with Gasteiger partial charge in [0.15, 0.2) is 0 Å². The van der Waals surface area contributed by atoms with Gasteiger partial charge in [0.25, 0.3) is 0 Å². The summed E-state index contributed by atoms with van der Waals surface area (Å²) >= 11 is 3.90. The lowest BCUT2D eigenvalue weighted by Gasteiger charge is -1.92. The maximum atomic E-state index is 3.90. The Morgan fingerprint density at radius 3 is 2.00 bits per heavy atom. The second-order valence-corrected chi connectivity index (χ2v) is 1.51. The lowest BCUT2D eigenvalue weighted by molar-refractivity contribution is 0.951. The van der Waals surface area contributed by atoms with Crippen LogP contribution in [0.5, 0.6) is 0 Å². The number of hydrogen-bond donors (Lipinski definition) is 2. The smallest absolute Gasteiger partial charge is 0.0858 e. The van der Waals surface area contributed by atoms with Gasteiger partial charge in [-0.25, -0.2) is 0 Å². The highest BCUT2D eigenvalue weighted by Gasteiger charge is 1.80. The van der Waals surface area contributed by atoms with Crippen molar-refractivity contribution in [1.29, 1.82) is 0 Å². The Kier molecular flexibility index (Phi) is 2.70. The van der Waals surface area contributed by atoms with E-state index in [4.69, 9.17) is 0 Å². The van der Waals surface area contributed by atoms with Gasteiger partial charge in [0.05, 0.1) is 5.37 Å². The molecule has 0 unspecified atom stereocenters. The van der Waals surface area contributed by atoms with E-state index in [9.17, 15) is 0 Å². The molecule has 0 aromatic carbocycles. The molecule has 1 nitrogen and oxygen atoms in total. The molecule has 0 bridgehead atoms. The molecule has 0 atom stereocenters. The molecule has 5 heavy (non-hydrogen) atoms. The lowest BCUT2D eigenvalue weighted by atomic mass is 10.8.